The van der Waals surface area contributed by atoms with Crippen LogP contribution in [0.3, 0.4) is 0 Å². The van der Waals surface area contributed by atoms with Gasteiger partial charge in [-0.2, -0.15) is 0 Å². The van der Waals surface area contributed by atoms with Gasteiger partial charge in [-0.15, -0.1) is 0 Å². The number of nitrogens with two attached hydrogens (primary N) is 1. The molecule has 0 bridgehead atoms. The Hall–Kier alpha value is -6.34. The topological polar surface area (TPSA) is 231 Å². The molecule has 1 unspecified atom stereocenters. The normalized spacial score (nSPS) is 19.7. The summed E-state index contributed by atoms with van der Waals surface area (Å²) in [6.45, 7) is 8.41. The fourth-order valence-electron chi connectivity index (χ4n) is 9.59. The van der Waals surface area contributed by atoms with Crippen molar-refractivity contribution >= 4 is 58.5 Å². The van der Waals surface area contributed by atoms with Crippen molar-refractivity contribution in [3.05, 3.63) is 58.9 Å². The summed E-state index contributed by atoms with van der Waals surface area (Å²) >= 11 is 0. The molecule has 6 amide bonds. The van der Waals surface area contributed by atoms with E-state index in [2.05, 4.69) is 30.7 Å². The van der Waals surface area contributed by atoms with Gasteiger partial charge < -0.3 is 40.4 Å². The van der Waals surface area contributed by atoms with Crippen molar-refractivity contribution in [1.82, 2.24) is 30.0 Å². The third-order valence-corrected chi connectivity index (χ3v) is 13.3. The summed E-state index contributed by atoms with van der Waals surface area (Å²) in [6, 6.07) is 10.3. The van der Waals surface area contributed by atoms with Crippen LogP contribution in [-0.2, 0) is 25.5 Å². The zero-order chi connectivity index (χ0) is 46.3. The minimum Gasteiger partial charge on any atom is -0.495 e. The highest BCUT2D eigenvalue weighted by atomic mass is 16.5. The number of methoxy groups -OCH3 is 1. The minimum atomic E-state index is -1.04. The number of benzene rings is 2. The van der Waals surface area contributed by atoms with E-state index in [-0.39, 0.29) is 53.2 Å². The van der Waals surface area contributed by atoms with E-state index in [1.165, 1.54) is 6.07 Å². The molecule has 1 aromatic heterocycles. The molecular weight excluding hydrogens is 849 g/mol. The number of anilines is 4. The highest BCUT2D eigenvalue weighted by Crippen LogP contribution is 2.36. The van der Waals surface area contributed by atoms with Crippen molar-refractivity contribution in [3.8, 4) is 11.5 Å². The van der Waals surface area contributed by atoms with Crippen LogP contribution in [0.5, 0.6) is 11.5 Å². The molecule has 5 N–H and O–H groups in total. The first-order valence-corrected chi connectivity index (χ1v) is 23.3. The van der Waals surface area contributed by atoms with E-state index in [1.54, 1.807) is 19.2 Å². The van der Waals surface area contributed by atoms with Gasteiger partial charge in [-0.3, -0.25) is 43.9 Å². The quantitative estimate of drug-likeness (QED) is 0.112. The van der Waals surface area contributed by atoms with Crippen LogP contribution in [0.25, 0.3) is 0 Å². The molecule has 19 heteroatoms. The predicted molar refractivity (Wildman–Crippen MR) is 244 cm³/mol. The zero-order valence-electron chi connectivity index (χ0n) is 37.8. The van der Waals surface area contributed by atoms with E-state index in [0.717, 1.165) is 68.9 Å². The lowest BCUT2D eigenvalue weighted by molar-refractivity contribution is -0.136. The Bertz CT molecular complexity index is 2320. The number of rotatable bonds is 17. The first kappa shape index (κ1) is 46.2. The van der Waals surface area contributed by atoms with Crippen LogP contribution >= 0.6 is 0 Å². The first-order valence-electron chi connectivity index (χ1n) is 23.3. The fourth-order valence-corrected chi connectivity index (χ4v) is 9.59. The molecule has 352 valence electrons. The second-order valence-corrected chi connectivity index (χ2v) is 17.4. The van der Waals surface area contributed by atoms with Gasteiger partial charge in [0.05, 0.1) is 36.2 Å². The van der Waals surface area contributed by atoms with E-state index in [9.17, 15) is 28.8 Å². The third-order valence-electron chi connectivity index (χ3n) is 13.3. The van der Waals surface area contributed by atoms with E-state index >= 15 is 0 Å². The summed E-state index contributed by atoms with van der Waals surface area (Å²) < 4.78 is 17.3. The maximum atomic E-state index is 13.3. The van der Waals surface area contributed by atoms with Crippen LogP contribution in [0.4, 0.5) is 23.0 Å². The van der Waals surface area contributed by atoms with Crippen molar-refractivity contribution in [2.75, 3.05) is 81.7 Å². The zero-order valence-corrected chi connectivity index (χ0v) is 37.8. The number of piperazine rings is 1. The average molecular weight is 909 g/mol. The van der Waals surface area contributed by atoms with E-state index in [1.807, 2.05) is 30.0 Å². The number of amides is 6. The summed E-state index contributed by atoms with van der Waals surface area (Å²) in [5.74, 6) is -0.873. The molecule has 3 aromatic rings. The molecule has 0 saturated carbocycles. The monoisotopic (exact) mass is 908 g/mol. The Morgan fingerprint density at radius 3 is 2.36 bits per heavy atom. The van der Waals surface area contributed by atoms with Crippen LogP contribution in [-0.4, -0.2) is 144 Å². The van der Waals surface area contributed by atoms with Crippen LogP contribution in [0, 0.1) is 0 Å². The number of unbranched alkanes of at least 4 members (excludes halogenated alkanes) is 2. The average Bonchev–Trinajstić information content (AvgIpc) is 3.59. The standard InChI is InChI=1S/C47H60N10O9/c1-3-33-43(49-29-17-26-65-27-18-29)53-44(41(51-33)42(48)60)50-30-11-12-34(37(28-30)64-2)55-19-15-31(16-20-55)54-21-23-56(24-22-54)39(59)10-5-4-6-25-66-36-9-7-8-32-40(36)47(63)57(46(32)62)35-13-14-38(58)52-45(35)61/h7-9,11-12,28-29,31,35H,3-6,10,13-27H2,1-2H3,(H2,48,60)(H2,49,50,53)(H,52,58,61). The van der Waals surface area contributed by atoms with Gasteiger partial charge >= 0.3 is 0 Å². The minimum absolute atomic E-state index is 0.0504. The molecule has 1 atom stereocenters. The summed E-state index contributed by atoms with van der Waals surface area (Å²) in [6.07, 6.45) is 6.98. The van der Waals surface area contributed by atoms with Crippen molar-refractivity contribution in [2.24, 2.45) is 5.73 Å². The van der Waals surface area contributed by atoms with Gasteiger partial charge in [-0.05, 0) is 82.1 Å². The Kier molecular flexibility index (Phi) is 14.6. The number of nitrogens with one attached hydrogen (secondary N) is 3. The number of nitrogens with zero attached hydrogens (tertiary/aromatic N) is 6. The lowest BCUT2D eigenvalue weighted by atomic mass is 10.0. The SMILES string of the molecule is CCc1nc(C(N)=O)c(Nc2ccc(N3CCC(N4CCN(C(=O)CCCCCOc5cccc6c5C(=O)N(C5CCC(=O)NC5=O)C6=O)CC4)CC3)c(OC)c2)nc1NC1CCOCC1. The number of fused-ring (bicyclic) bond motifs is 1. The molecule has 5 aliphatic rings. The molecule has 5 aliphatic heterocycles. The molecule has 0 aliphatic carbocycles. The number of ether oxygens (including phenoxy) is 3. The van der Waals surface area contributed by atoms with Crippen LogP contribution in [0.2, 0.25) is 0 Å². The van der Waals surface area contributed by atoms with Crippen molar-refractivity contribution in [1.29, 1.82) is 0 Å². The maximum Gasteiger partial charge on any atom is 0.271 e. The van der Waals surface area contributed by atoms with E-state index < -0.39 is 35.6 Å². The molecule has 0 spiro atoms. The summed E-state index contributed by atoms with van der Waals surface area (Å²) in [4.78, 5) is 93.4. The van der Waals surface area contributed by atoms with Crippen molar-refractivity contribution in [2.45, 2.75) is 95.7 Å². The van der Waals surface area contributed by atoms with Gasteiger partial charge in [0.25, 0.3) is 17.7 Å². The second-order valence-electron chi connectivity index (χ2n) is 17.4. The fraction of sp³-hybridized carbons (Fsp3) is 0.532. The number of imide groups is 2. The van der Waals surface area contributed by atoms with Crippen molar-refractivity contribution in [3.63, 3.8) is 0 Å². The highest BCUT2D eigenvalue weighted by molar-refractivity contribution is 6.24. The predicted octanol–water partition coefficient (Wildman–Crippen LogP) is 3.63. The smallest absolute Gasteiger partial charge is 0.271 e. The number of primary amides is 1. The number of hydrogen-bond donors (Lipinski definition) is 4. The number of aryl methyl sites for hydroxylation is 1. The number of hydrogen-bond acceptors (Lipinski definition) is 15. The van der Waals surface area contributed by atoms with E-state index in [0.29, 0.717) is 87.6 Å². The highest BCUT2D eigenvalue weighted by Gasteiger charge is 2.46. The van der Waals surface area contributed by atoms with Crippen LogP contribution in [0.15, 0.2) is 36.4 Å². The Morgan fingerprint density at radius 2 is 1.65 bits per heavy atom. The molecular formula is C47H60N10O9. The molecule has 6 heterocycles. The Balaban J connectivity index is 0.761. The van der Waals surface area contributed by atoms with Gasteiger partial charge in [0.2, 0.25) is 17.7 Å². The second kappa shape index (κ2) is 20.9. The van der Waals surface area contributed by atoms with Gasteiger partial charge in [-0.1, -0.05) is 13.0 Å². The number of piperidine rings is 2. The number of carbonyl (C=O) groups excluding carboxylic acids is 6. The molecule has 19 nitrogen and oxygen atoms in total. The lowest BCUT2D eigenvalue weighted by Crippen LogP contribution is -2.54. The summed E-state index contributed by atoms with van der Waals surface area (Å²) in [7, 11) is 1.65. The molecule has 66 heavy (non-hydrogen) atoms. The number of carbonyl (C=O) groups is 6. The molecule has 4 fully saturated rings. The van der Waals surface area contributed by atoms with Crippen molar-refractivity contribution < 1.29 is 43.0 Å². The number of aromatic nitrogens is 2. The van der Waals surface area contributed by atoms with Crippen LogP contribution in [0.1, 0.15) is 108 Å². The summed E-state index contributed by atoms with van der Waals surface area (Å²) in [5.41, 5.74) is 8.52. The Labute approximate surface area is 384 Å². The lowest BCUT2D eigenvalue weighted by Gasteiger charge is -2.43. The van der Waals surface area contributed by atoms with Gasteiger partial charge in [0.1, 0.15) is 17.5 Å². The summed E-state index contributed by atoms with van der Waals surface area (Å²) in [5, 5.41) is 9.00. The van der Waals surface area contributed by atoms with Gasteiger partial charge in [0.15, 0.2) is 17.3 Å². The molecule has 8 rings (SSSR count). The maximum absolute atomic E-state index is 13.3. The van der Waals surface area contributed by atoms with E-state index in [4.69, 9.17) is 24.9 Å². The molecule has 0 radical (unpaired) electrons. The third kappa shape index (κ3) is 10.2. The van der Waals surface area contributed by atoms with Gasteiger partial charge in [0, 0.05) is 89.2 Å². The molecule has 2 aromatic carbocycles. The van der Waals surface area contributed by atoms with Gasteiger partial charge in [-0.25, -0.2) is 9.97 Å². The Morgan fingerprint density at radius 1 is 0.879 bits per heavy atom. The first-order chi connectivity index (χ1) is 32.0. The van der Waals surface area contributed by atoms with Crippen LogP contribution < -0.4 is 36.1 Å². The largest absolute Gasteiger partial charge is 0.495 e. The molecule has 4 saturated heterocycles.